The molecule has 8 heteroatoms. The molecule has 1 heterocycles. The van der Waals surface area contributed by atoms with Gasteiger partial charge in [0.15, 0.2) is 0 Å². The van der Waals surface area contributed by atoms with Gasteiger partial charge in [0.2, 0.25) is 0 Å². The molecule has 3 rings (SSSR count). The first-order chi connectivity index (χ1) is 13.6. The molecule has 0 aliphatic rings. The average Bonchev–Trinajstić information content (AvgIpc) is 2.68. The number of nitrogens with one attached hydrogen (secondary N) is 3. The Kier molecular flexibility index (Phi) is 6.44. The summed E-state index contributed by atoms with van der Waals surface area (Å²) in [6, 6.07) is 18.2. The van der Waals surface area contributed by atoms with Gasteiger partial charge in [-0.3, -0.25) is 11.3 Å². The summed E-state index contributed by atoms with van der Waals surface area (Å²) in [5.74, 6) is 5.82. The Balaban J connectivity index is 1.72. The number of carbonyl (C=O) groups is 1. The molecule has 0 bridgehead atoms. The van der Waals surface area contributed by atoms with E-state index in [0.717, 1.165) is 28.1 Å². The number of para-hydroxylation sites is 1. The Morgan fingerprint density at radius 3 is 2.71 bits per heavy atom. The van der Waals surface area contributed by atoms with Gasteiger partial charge in [-0.15, -0.1) is 0 Å². The van der Waals surface area contributed by atoms with E-state index >= 15 is 0 Å². The molecule has 7 nitrogen and oxygen atoms in total. The number of rotatable bonds is 6. The highest BCUT2D eigenvalue weighted by Gasteiger charge is 2.09. The van der Waals surface area contributed by atoms with E-state index in [9.17, 15) is 4.79 Å². The van der Waals surface area contributed by atoms with Crippen molar-refractivity contribution in [2.45, 2.75) is 13.5 Å². The van der Waals surface area contributed by atoms with Gasteiger partial charge in [0.1, 0.15) is 17.5 Å². The van der Waals surface area contributed by atoms with Crippen LogP contribution in [0, 0.1) is 6.92 Å². The lowest BCUT2D eigenvalue weighted by Crippen LogP contribution is -2.44. The van der Waals surface area contributed by atoms with E-state index in [2.05, 4.69) is 21.3 Å². The van der Waals surface area contributed by atoms with Gasteiger partial charge in [-0.05, 0) is 48.9 Å². The molecule has 5 N–H and O–H groups in total. The maximum Gasteiger partial charge on any atom is 0.334 e. The number of aromatic nitrogens is 1. The van der Waals surface area contributed by atoms with Crippen molar-refractivity contribution in [2.75, 3.05) is 5.32 Å². The van der Waals surface area contributed by atoms with Crippen LogP contribution in [0.15, 0.2) is 60.7 Å². The highest BCUT2D eigenvalue weighted by Crippen LogP contribution is 2.27. The van der Waals surface area contributed by atoms with Gasteiger partial charge in [-0.1, -0.05) is 35.9 Å². The number of amides is 2. The van der Waals surface area contributed by atoms with Crippen molar-refractivity contribution in [1.29, 1.82) is 0 Å². The second-order valence-electron chi connectivity index (χ2n) is 6.00. The van der Waals surface area contributed by atoms with Crippen molar-refractivity contribution in [1.82, 2.24) is 15.9 Å². The lowest BCUT2D eigenvalue weighted by molar-refractivity contribution is 0.248. The molecule has 28 heavy (non-hydrogen) atoms. The van der Waals surface area contributed by atoms with E-state index in [-0.39, 0.29) is 0 Å². The minimum absolute atomic E-state index is 0.294. The van der Waals surface area contributed by atoms with Crippen LogP contribution in [-0.4, -0.2) is 11.0 Å². The van der Waals surface area contributed by atoms with E-state index in [1.165, 1.54) is 0 Å². The molecule has 0 aliphatic heterocycles. The van der Waals surface area contributed by atoms with Crippen LogP contribution in [0.4, 0.5) is 10.5 Å². The molecule has 144 valence electrons. The molecule has 0 aliphatic carbocycles. The van der Waals surface area contributed by atoms with Crippen LogP contribution in [0.3, 0.4) is 0 Å². The summed E-state index contributed by atoms with van der Waals surface area (Å²) in [6.07, 6.45) is 0. The number of nitrogens with two attached hydrogens (primary N) is 1. The fourth-order valence-electron chi connectivity index (χ4n) is 2.68. The number of aryl methyl sites for hydroxylation is 1. The molecule has 2 amide bonds. The highest BCUT2D eigenvalue weighted by molar-refractivity contribution is 6.29. The molecule has 0 unspecified atom stereocenters. The Morgan fingerprint density at radius 1 is 1.14 bits per heavy atom. The molecular weight excluding hydrogens is 378 g/mol. The number of halogens is 1. The third-order valence-electron chi connectivity index (χ3n) is 4.02. The van der Waals surface area contributed by atoms with Crippen molar-refractivity contribution < 1.29 is 9.53 Å². The zero-order valence-corrected chi connectivity index (χ0v) is 16.0. The molecule has 0 radical (unpaired) electrons. The monoisotopic (exact) mass is 397 g/mol. The SMILES string of the molecule is Cc1cc(-c2cccc(Cl)n2)ccc1OCc1ccccc1NC(=O)NNN. The van der Waals surface area contributed by atoms with Crippen molar-refractivity contribution in [2.24, 2.45) is 5.84 Å². The first-order valence-corrected chi connectivity index (χ1v) is 8.91. The molecule has 0 spiro atoms. The average molecular weight is 398 g/mol. The Hall–Kier alpha value is -3.13. The van der Waals surface area contributed by atoms with E-state index in [0.29, 0.717) is 17.4 Å². The second-order valence-corrected chi connectivity index (χ2v) is 6.38. The molecule has 2 aromatic carbocycles. The molecule has 0 fully saturated rings. The molecule has 0 saturated carbocycles. The third kappa shape index (κ3) is 4.98. The predicted molar refractivity (Wildman–Crippen MR) is 110 cm³/mol. The van der Waals surface area contributed by atoms with Crippen molar-refractivity contribution in [3.8, 4) is 17.0 Å². The second kappa shape index (κ2) is 9.18. The summed E-state index contributed by atoms with van der Waals surface area (Å²) in [4.78, 5) is 16.0. The maximum absolute atomic E-state index is 11.7. The molecule has 1 aromatic heterocycles. The van der Waals surface area contributed by atoms with Gasteiger partial charge in [0.05, 0.1) is 5.69 Å². The Bertz CT molecular complexity index is 980. The fourth-order valence-corrected chi connectivity index (χ4v) is 2.85. The topological polar surface area (TPSA) is 101 Å². The van der Waals surface area contributed by atoms with E-state index in [1.54, 1.807) is 12.1 Å². The minimum atomic E-state index is -0.468. The molecule has 3 aromatic rings. The first-order valence-electron chi connectivity index (χ1n) is 8.53. The lowest BCUT2D eigenvalue weighted by atomic mass is 10.1. The Labute approximate surface area is 167 Å². The van der Waals surface area contributed by atoms with Crippen molar-refractivity contribution in [3.05, 3.63) is 76.9 Å². The number of hydrogen-bond donors (Lipinski definition) is 4. The molecular formula is C20H20ClN5O2. The quantitative estimate of drug-likeness (QED) is 0.288. The van der Waals surface area contributed by atoms with Crippen LogP contribution in [-0.2, 0) is 6.61 Å². The van der Waals surface area contributed by atoms with Crippen LogP contribution >= 0.6 is 11.6 Å². The summed E-state index contributed by atoms with van der Waals surface area (Å²) >= 11 is 5.97. The number of hydrazine groups is 2. The summed E-state index contributed by atoms with van der Waals surface area (Å²) in [5.41, 5.74) is 8.53. The maximum atomic E-state index is 11.7. The van der Waals surface area contributed by atoms with Gasteiger partial charge < -0.3 is 10.1 Å². The highest BCUT2D eigenvalue weighted by atomic mass is 35.5. The molecule has 0 saturated heterocycles. The normalized spacial score (nSPS) is 10.4. The largest absolute Gasteiger partial charge is 0.489 e. The number of urea groups is 1. The number of benzene rings is 2. The van der Waals surface area contributed by atoms with Gasteiger partial charge in [-0.25, -0.2) is 9.78 Å². The summed E-state index contributed by atoms with van der Waals surface area (Å²) in [5, 5.41) is 3.16. The van der Waals surface area contributed by atoms with Crippen LogP contribution in [0.25, 0.3) is 11.3 Å². The molecule has 0 atom stereocenters. The smallest absolute Gasteiger partial charge is 0.334 e. The van der Waals surface area contributed by atoms with Gasteiger partial charge >= 0.3 is 6.03 Å². The number of nitrogens with zero attached hydrogens (tertiary/aromatic N) is 1. The summed E-state index contributed by atoms with van der Waals surface area (Å²) in [7, 11) is 0. The standard InChI is InChI=1S/C20H20ClN5O2/c1-13-11-14(16-7-4-8-19(21)23-16)9-10-18(13)28-12-15-5-2-3-6-17(15)24-20(27)25-26-22/h2-11,26H,12,22H2,1H3,(H2,24,25,27). The number of pyridine rings is 1. The van der Waals surface area contributed by atoms with E-state index in [4.69, 9.17) is 22.2 Å². The van der Waals surface area contributed by atoms with Gasteiger partial charge in [-0.2, -0.15) is 5.53 Å². The zero-order valence-electron chi connectivity index (χ0n) is 15.2. The van der Waals surface area contributed by atoms with Crippen LogP contribution in [0.1, 0.15) is 11.1 Å². The van der Waals surface area contributed by atoms with E-state index < -0.39 is 6.03 Å². The van der Waals surface area contributed by atoms with Crippen molar-refractivity contribution in [3.63, 3.8) is 0 Å². The van der Waals surface area contributed by atoms with Crippen molar-refractivity contribution >= 4 is 23.3 Å². The van der Waals surface area contributed by atoms with Crippen LogP contribution < -0.4 is 26.9 Å². The van der Waals surface area contributed by atoms with Gasteiger partial charge in [0, 0.05) is 16.8 Å². The fraction of sp³-hybridized carbons (Fsp3) is 0.100. The van der Waals surface area contributed by atoms with Crippen LogP contribution in [0.2, 0.25) is 5.15 Å². The summed E-state index contributed by atoms with van der Waals surface area (Å²) in [6.45, 7) is 2.26. The van der Waals surface area contributed by atoms with E-state index in [1.807, 2.05) is 55.5 Å². The first kappa shape index (κ1) is 19.6. The minimum Gasteiger partial charge on any atom is -0.489 e. The number of anilines is 1. The Morgan fingerprint density at radius 2 is 1.96 bits per heavy atom. The zero-order chi connectivity index (χ0) is 19.9. The van der Waals surface area contributed by atoms with Gasteiger partial charge in [0.25, 0.3) is 0 Å². The lowest BCUT2D eigenvalue weighted by Gasteiger charge is -2.14. The number of carbonyl (C=O) groups excluding carboxylic acids is 1. The summed E-state index contributed by atoms with van der Waals surface area (Å²) < 4.78 is 5.96. The van der Waals surface area contributed by atoms with Crippen LogP contribution in [0.5, 0.6) is 5.75 Å². The predicted octanol–water partition coefficient (Wildman–Crippen LogP) is 3.79. The third-order valence-corrected chi connectivity index (χ3v) is 4.23. The number of hydrogen-bond acceptors (Lipinski definition) is 5. The number of ether oxygens (including phenoxy) is 1.